The van der Waals surface area contributed by atoms with Gasteiger partial charge in [-0.1, -0.05) is 97.1 Å². The standard InChI is InChI=1S/C26H28N2/c1-3-8-24(9-4-1)22-28-20-18-27(19-21-28)17-7-10-23-13-15-26(16-14-23)25-11-5-2-6-12-25/h1-16H,17-22H2/b10-7-. The third-order valence-electron chi connectivity index (χ3n) is 5.41. The molecule has 2 nitrogen and oxygen atoms in total. The third kappa shape index (κ3) is 5.19. The van der Waals surface area contributed by atoms with Gasteiger partial charge in [0.15, 0.2) is 0 Å². The molecular weight excluding hydrogens is 340 g/mol. The van der Waals surface area contributed by atoms with Crippen LogP contribution in [0.25, 0.3) is 17.2 Å². The molecule has 1 heterocycles. The molecular formula is C26H28N2. The molecule has 0 aromatic heterocycles. The minimum absolute atomic E-state index is 1.03. The van der Waals surface area contributed by atoms with Crippen LogP contribution in [0.15, 0.2) is 91.0 Å². The van der Waals surface area contributed by atoms with E-state index in [9.17, 15) is 0 Å². The van der Waals surface area contributed by atoms with Gasteiger partial charge in [0, 0.05) is 39.3 Å². The molecule has 1 saturated heterocycles. The van der Waals surface area contributed by atoms with Crippen LogP contribution in [0.2, 0.25) is 0 Å². The van der Waals surface area contributed by atoms with E-state index in [0.717, 1.165) is 39.3 Å². The van der Waals surface area contributed by atoms with Crippen molar-refractivity contribution in [2.24, 2.45) is 0 Å². The van der Waals surface area contributed by atoms with Crippen LogP contribution >= 0.6 is 0 Å². The third-order valence-corrected chi connectivity index (χ3v) is 5.41. The highest BCUT2D eigenvalue weighted by Crippen LogP contribution is 2.19. The molecule has 1 aliphatic rings. The van der Waals surface area contributed by atoms with Crippen molar-refractivity contribution in [3.8, 4) is 11.1 Å². The number of benzene rings is 3. The number of hydrogen-bond acceptors (Lipinski definition) is 2. The fourth-order valence-electron chi connectivity index (χ4n) is 3.73. The highest BCUT2D eigenvalue weighted by molar-refractivity contribution is 5.65. The van der Waals surface area contributed by atoms with Gasteiger partial charge in [0.25, 0.3) is 0 Å². The Hall–Kier alpha value is -2.68. The van der Waals surface area contributed by atoms with Crippen molar-refractivity contribution in [3.05, 3.63) is 102 Å². The van der Waals surface area contributed by atoms with Gasteiger partial charge in [-0.2, -0.15) is 0 Å². The Labute approximate surface area is 168 Å². The lowest BCUT2D eigenvalue weighted by Gasteiger charge is -2.34. The first-order chi connectivity index (χ1) is 13.9. The smallest absolute Gasteiger partial charge is 0.0234 e. The van der Waals surface area contributed by atoms with Crippen molar-refractivity contribution in [1.82, 2.24) is 9.80 Å². The molecule has 3 aromatic rings. The molecule has 142 valence electrons. The Morgan fingerprint density at radius 3 is 1.86 bits per heavy atom. The van der Waals surface area contributed by atoms with Gasteiger partial charge in [0.2, 0.25) is 0 Å². The summed E-state index contributed by atoms with van der Waals surface area (Å²) < 4.78 is 0. The van der Waals surface area contributed by atoms with Crippen molar-refractivity contribution < 1.29 is 0 Å². The molecule has 1 fully saturated rings. The maximum atomic E-state index is 2.55. The molecule has 0 radical (unpaired) electrons. The minimum atomic E-state index is 1.03. The molecule has 0 bridgehead atoms. The Kier molecular flexibility index (Phi) is 6.33. The van der Waals surface area contributed by atoms with Gasteiger partial charge >= 0.3 is 0 Å². The van der Waals surface area contributed by atoms with E-state index < -0.39 is 0 Å². The average molecular weight is 369 g/mol. The molecule has 0 unspecified atom stereocenters. The maximum Gasteiger partial charge on any atom is 0.0234 e. The fourth-order valence-corrected chi connectivity index (χ4v) is 3.73. The van der Waals surface area contributed by atoms with Gasteiger partial charge in [-0.25, -0.2) is 0 Å². The molecule has 0 N–H and O–H groups in total. The Morgan fingerprint density at radius 2 is 1.18 bits per heavy atom. The van der Waals surface area contributed by atoms with Crippen LogP contribution in [0, 0.1) is 0 Å². The number of nitrogens with zero attached hydrogens (tertiary/aromatic N) is 2. The predicted octanol–water partition coefficient (Wildman–Crippen LogP) is 5.18. The molecule has 28 heavy (non-hydrogen) atoms. The number of piperazine rings is 1. The quantitative estimate of drug-likeness (QED) is 0.591. The molecule has 2 heteroatoms. The van der Waals surface area contributed by atoms with Crippen LogP contribution in [0.1, 0.15) is 11.1 Å². The van der Waals surface area contributed by atoms with E-state index in [1.807, 2.05) is 0 Å². The zero-order valence-electron chi connectivity index (χ0n) is 16.4. The molecule has 0 saturated carbocycles. The van der Waals surface area contributed by atoms with Gasteiger partial charge in [-0.3, -0.25) is 9.80 Å². The van der Waals surface area contributed by atoms with Crippen molar-refractivity contribution >= 4 is 6.08 Å². The van der Waals surface area contributed by atoms with Crippen LogP contribution in [0.3, 0.4) is 0 Å². The largest absolute Gasteiger partial charge is 0.297 e. The van der Waals surface area contributed by atoms with Gasteiger partial charge in [0.05, 0.1) is 0 Å². The Bertz CT molecular complexity index is 861. The number of hydrogen-bond donors (Lipinski definition) is 0. The lowest BCUT2D eigenvalue weighted by Crippen LogP contribution is -2.45. The monoisotopic (exact) mass is 368 g/mol. The van der Waals surface area contributed by atoms with Gasteiger partial charge in [0.1, 0.15) is 0 Å². The molecule has 4 rings (SSSR count). The summed E-state index contributed by atoms with van der Waals surface area (Å²) in [4.78, 5) is 5.09. The first kappa shape index (κ1) is 18.7. The first-order valence-electron chi connectivity index (χ1n) is 10.2. The summed E-state index contributed by atoms with van der Waals surface area (Å²) in [6.45, 7) is 6.68. The highest BCUT2D eigenvalue weighted by atomic mass is 15.3. The molecule has 0 amide bonds. The van der Waals surface area contributed by atoms with Crippen molar-refractivity contribution in [2.45, 2.75) is 6.54 Å². The second-order valence-corrected chi connectivity index (χ2v) is 7.45. The van der Waals surface area contributed by atoms with E-state index in [4.69, 9.17) is 0 Å². The minimum Gasteiger partial charge on any atom is -0.297 e. The second kappa shape index (κ2) is 9.50. The zero-order chi connectivity index (χ0) is 19.0. The van der Waals surface area contributed by atoms with Crippen LogP contribution in [0.5, 0.6) is 0 Å². The normalized spacial score (nSPS) is 15.9. The van der Waals surface area contributed by atoms with Gasteiger partial charge < -0.3 is 0 Å². The van der Waals surface area contributed by atoms with Crippen LogP contribution < -0.4 is 0 Å². The molecule has 3 aromatic carbocycles. The van der Waals surface area contributed by atoms with Crippen LogP contribution in [0.4, 0.5) is 0 Å². The molecule has 0 spiro atoms. The topological polar surface area (TPSA) is 6.48 Å². The van der Waals surface area contributed by atoms with E-state index in [1.54, 1.807) is 0 Å². The van der Waals surface area contributed by atoms with E-state index in [-0.39, 0.29) is 0 Å². The lowest BCUT2D eigenvalue weighted by atomic mass is 10.0. The average Bonchev–Trinajstić information content (AvgIpc) is 2.77. The van der Waals surface area contributed by atoms with Gasteiger partial charge in [-0.15, -0.1) is 0 Å². The second-order valence-electron chi connectivity index (χ2n) is 7.45. The maximum absolute atomic E-state index is 2.55. The summed E-state index contributed by atoms with van der Waals surface area (Å²) >= 11 is 0. The van der Waals surface area contributed by atoms with Crippen molar-refractivity contribution in [2.75, 3.05) is 32.7 Å². The SMILES string of the molecule is C(=C/c1ccc(-c2ccccc2)cc1)/CN1CCN(Cc2ccccc2)CC1. The van der Waals surface area contributed by atoms with Gasteiger partial charge in [-0.05, 0) is 22.3 Å². The van der Waals surface area contributed by atoms with E-state index >= 15 is 0 Å². The van der Waals surface area contributed by atoms with Crippen LogP contribution in [-0.4, -0.2) is 42.5 Å². The first-order valence-corrected chi connectivity index (χ1v) is 10.2. The van der Waals surface area contributed by atoms with E-state index in [1.165, 1.54) is 22.3 Å². The van der Waals surface area contributed by atoms with Crippen molar-refractivity contribution in [3.63, 3.8) is 0 Å². The van der Waals surface area contributed by atoms with Crippen LogP contribution in [-0.2, 0) is 6.54 Å². The summed E-state index contributed by atoms with van der Waals surface area (Å²) in [5.41, 5.74) is 5.22. The summed E-state index contributed by atoms with van der Waals surface area (Å²) in [6, 6.07) is 30.1. The Balaban J connectivity index is 1.23. The molecule has 0 atom stereocenters. The predicted molar refractivity (Wildman–Crippen MR) is 119 cm³/mol. The summed E-state index contributed by atoms with van der Waals surface area (Å²) in [5.74, 6) is 0. The van der Waals surface area contributed by atoms with E-state index in [2.05, 4.69) is 107 Å². The summed E-state index contributed by atoms with van der Waals surface area (Å²) in [6.07, 6.45) is 4.54. The zero-order valence-corrected chi connectivity index (χ0v) is 16.4. The molecule has 1 aliphatic heterocycles. The van der Waals surface area contributed by atoms with Crippen molar-refractivity contribution in [1.29, 1.82) is 0 Å². The Morgan fingerprint density at radius 1 is 0.607 bits per heavy atom. The highest BCUT2D eigenvalue weighted by Gasteiger charge is 2.15. The number of rotatable bonds is 6. The molecule has 0 aliphatic carbocycles. The van der Waals surface area contributed by atoms with E-state index in [0.29, 0.717) is 0 Å². The fraction of sp³-hybridized carbons (Fsp3) is 0.231. The summed E-state index contributed by atoms with van der Waals surface area (Å²) in [7, 11) is 0. The lowest BCUT2D eigenvalue weighted by molar-refractivity contribution is 0.137. The summed E-state index contributed by atoms with van der Waals surface area (Å²) in [5, 5.41) is 0.